The Kier molecular flexibility index (Phi) is 5.76. The van der Waals surface area contributed by atoms with Crippen molar-refractivity contribution in [1.82, 2.24) is 15.5 Å². The molecule has 1 atom stereocenters. The first-order chi connectivity index (χ1) is 12.9. The third-order valence-corrected chi connectivity index (χ3v) is 4.60. The highest BCUT2D eigenvalue weighted by atomic mass is 35.5. The minimum Gasteiger partial charge on any atom is -0.481 e. The lowest BCUT2D eigenvalue weighted by atomic mass is 10.1. The van der Waals surface area contributed by atoms with E-state index >= 15 is 0 Å². The first-order valence-corrected chi connectivity index (χ1v) is 8.91. The maximum Gasteiger partial charge on any atom is 0.261 e. The minimum absolute atomic E-state index is 0.130. The summed E-state index contributed by atoms with van der Waals surface area (Å²) in [5.41, 5.74) is 2.65. The van der Waals surface area contributed by atoms with Crippen LogP contribution in [-0.2, 0) is 11.3 Å². The number of nitrogens with zero attached hydrogens (tertiary/aromatic N) is 2. The summed E-state index contributed by atoms with van der Waals surface area (Å²) in [7, 11) is 0. The van der Waals surface area contributed by atoms with Crippen LogP contribution in [-0.4, -0.2) is 22.2 Å². The fraction of sp³-hybridized carbons (Fsp3) is 0.250. The van der Waals surface area contributed by atoms with E-state index in [4.69, 9.17) is 20.9 Å². The molecular weight excluding hydrogens is 366 g/mol. The molecule has 27 heavy (non-hydrogen) atoms. The van der Waals surface area contributed by atoms with Crippen molar-refractivity contribution in [2.75, 3.05) is 0 Å². The number of ether oxygens (including phenoxy) is 1. The molecule has 1 amide bonds. The molecule has 0 bridgehead atoms. The van der Waals surface area contributed by atoms with Crippen molar-refractivity contribution in [2.45, 2.75) is 33.4 Å². The van der Waals surface area contributed by atoms with Crippen LogP contribution in [0.5, 0.6) is 5.75 Å². The van der Waals surface area contributed by atoms with Crippen molar-refractivity contribution in [3.63, 3.8) is 0 Å². The Bertz CT molecular complexity index is 918. The number of nitrogens with one attached hydrogen (secondary N) is 1. The van der Waals surface area contributed by atoms with Gasteiger partial charge in [-0.05, 0) is 44.0 Å². The molecule has 1 N–H and O–H groups in total. The van der Waals surface area contributed by atoms with Gasteiger partial charge in [-0.2, -0.15) is 4.98 Å². The Morgan fingerprint density at radius 3 is 2.56 bits per heavy atom. The fourth-order valence-corrected chi connectivity index (χ4v) is 2.68. The summed E-state index contributed by atoms with van der Waals surface area (Å²) in [5.74, 6) is 1.13. The zero-order valence-electron chi connectivity index (χ0n) is 15.3. The van der Waals surface area contributed by atoms with Crippen molar-refractivity contribution in [3.8, 4) is 17.1 Å². The molecular formula is C20H20ClN3O3. The summed E-state index contributed by atoms with van der Waals surface area (Å²) in [6, 6.07) is 13.1. The molecule has 0 saturated heterocycles. The van der Waals surface area contributed by atoms with E-state index in [1.165, 1.54) is 0 Å². The standard InChI is InChI=1S/C20H20ClN3O3/c1-12-9-16(10-13(2)18(12)21)26-14(3)20(25)22-11-17-23-19(24-27-17)15-7-5-4-6-8-15/h4-10,14H,11H2,1-3H3,(H,22,25)/t14-/m1/s1. The average Bonchev–Trinajstić information content (AvgIpc) is 3.14. The van der Waals surface area contributed by atoms with Crippen LogP contribution in [0.1, 0.15) is 23.9 Å². The number of amides is 1. The zero-order chi connectivity index (χ0) is 19.4. The lowest BCUT2D eigenvalue weighted by Gasteiger charge is -2.15. The highest BCUT2D eigenvalue weighted by Crippen LogP contribution is 2.26. The third-order valence-electron chi connectivity index (χ3n) is 4.01. The molecule has 2 aromatic carbocycles. The molecule has 0 unspecified atom stereocenters. The summed E-state index contributed by atoms with van der Waals surface area (Å²) in [5, 5.41) is 7.36. The fourth-order valence-electron chi connectivity index (χ4n) is 2.57. The summed E-state index contributed by atoms with van der Waals surface area (Å²) >= 11 is 6.15. The van der Waals surface area contributed by atoms with Gasteiger partial charge in [-0.1, -0.05) is 47.1 Å². The van der Waals surface area contributed by atoms with Crippen molar-refractivity contribution in [1.29, 1.82) is 0 Å². The Hall–Kier alpha value is -2.86. The second-order valence-corrected chi connectivity index (χ2v) is 6.60. The largest absolute Gasteiger partial charge is 0.481 e. The molecule has 0 aliphatic heterocycles. The number of benzene rings is 2. The van der Waals surface area contributed by atoms with Gasteiger partial charge in [0, 0.05) is 10.6 Å². The van der Waals surface area contributed by atoms with E-state index in [1.54, 1.807) is 6.92 Å². The highest BCUT2D eigenvalue weighted by Gasteiger charge is 2.17. The van der Waals surface area contributed by atoms with Crippen molar-refractivity contribution in [2.24, 2.45) is 0 Å². The minimum atomic E-state index is -0.679. The Morgan fingerprint density at radius 2 is 1.89 bits per heavy atom. The lowest BCUT2D eigenvalue weighted by molar-refractivity contribution is -0.127. The second kappa shape index (κ2) is 8.22. The SMILES string of the molecule is Cc1cc(O[C@H](C)C(=O)NCc2nc(-c3ccccc3)no2)cc(C)c1Cl. The summed E-state index contributed by atoms with van der Waals surface area (Å²) in [4.78, 5) is 16.6. The van der Waals surface area contributed by atoms with Crippen LogP contribution in [0, 0.1) is 13.8 Å². The van der Waals surface area contributed by atoms with Gasteiger partial charge in [-0.25, -0.2) is 0 Å². The van der Waals surface area contributed by atoms with Crippen LogP contribution in [0.2, 0.25) is 5.02 Å². The summed E-state index contributed by atoms with van der Waals surface area (Å²) in [6.07, 6.45) is -0.679. The van der Waals surface area contributed by atoms with Gasteiger partial charge >= 0.3 is 0 Å². The number of halogens is 1. The number of aryl methyl sites for hydroxylation is 2. The van der Waals surface area contributed by atoms with Crippen LogP contribution in [0.3, 0.4) is 0 Å². The van der Waals surface area contributed by atoms with Gasteiger partial charge in [0.25, 0.3) is 5.91 Å². The van der Waals surface area contributed by atoms with Gasteiger partial charge in [0.1, 0.15) is 5.75 Å². The number of carbonyl (C=O) groups is 1. The second-order valence-electron chi connectivity index (χ2n) is 6.23. The van der Waals surface area contributed by atoms with Gasteiger partial charge in [-0.15, -0.1) is 0 Å². The number of hydrogen-bond donors (Lipinski definition) is 1. The Balaban J connectivity index is 1.57. The maximum atomic E-state index is 12.3. The first kappa shape index (κ1) is 18.9. The van der Waals surface area contributed by atoms with Crippen molar-refractivity contribution < 1.29 is 14.1 Å². The maximum absolute atomic E-state index is 12.3. The average molecular weight is 386 g/mol. The van der Waals surface area contributed by atoms with E-state index in [0.717, 1.165) is 16.7 Å². The van der Waals surface area contributed by atoms with Crippen LogP contribution in [0.25, 0.3) is 11.4 Å². The van der Waals surface area contributed by atoms with Crippen LogP contribution in [0.4, 0.5) is 0 Å². The predicted octanol–water partition coefficient (Wildman–Crippen LogP) is 4.09. The number of carbonyl (C=O) groups excluding carboxylic acids is 1. The number of hydrogen-bond acceptors (Lipinski definition) is 5. The monoisotopic (exact) mass is 385 g/mol. The Labute approximate surface area is 162 Å². The molecule has 6 nitrogen and oxygen atoms in total. The quantitative estimate of drug-likeness (QED) is 0.691. The Morgan fingerprint density at radius 1 is 1.22 bits per heavy atom. The number of aromatic nitrogens is 2. The normalized spacial score (nSPS) is 11.9. The zero-order valence-corrected chi connectivity index (χ0v) is 16.1. The highest BCUT2D eigenvalue weighted by molar-refractivity contribution is 6.32. The van der Waals surface area contributed by atoms with Gasteiger partial charge in [0.05, 0.1) is 6.54 Å². The molecule has 1 heterocycles. The van der Waals surface area contributed by atoms with Gasteiger partial charge in [-0.3, -0.25) is 4.79 Å². The lowest BCUT2D eigenvalue weighted by Crippen LogP contribution is -2.36. The van der Waals surface area contributed by atoms with Crippen LogP contribution >= 0.6 is 11.6 Å². The molecule has 0 radical (unpaired) electrons. The first-order valence-electron chi connectivity index (χ1n) is 8.53. The number of rotatable bonds is 6. The van der Waals surface area contributed by atoms with Crippen molar-refractivity contribution in [3.05, 3.63) is 64.5 Å². The molecule has 0 aliphatic carbocycles. The summed E-state index contributed by atoms with van der Waals surface area (Å²) < 4.78 is 10.9. The van der Waals surface area contributed by atoms with E-state index in [2.05, 4.69) is 15.5 Å². The topological polar surface area (TPSA) is 77.2 Å². The molecule has 0 spiro atoms. The van der Waals surface area contributed by atoms with E-state index in [1.807, 2.05) is 56.3 Å². The van der Waals surface area contributed by atoms with Crippen LogP contribution < -0.4 is 10.1 Å². The molecule has 0 aliphatic rings. The molecule has 7 heteroatoms. The van der Waals surface area contributed by atoms with E-state index < -0.39 is 6.10 Å². The van der Waals surface area contributed by atoms with Gasteiger partial charge < -0.3 is 14.6 Å². The predicted molar refractivity (Wildman–Crippen MR) is 103 cm³/mol. The molecule has 3 rings (SSSR count). The molecule has 0 saturated carbocycles. The van der Waals surface area contributed by atoms with E-state index in [0.29, 0.717) is 22.5 Å². The third kappa shape index (κ3) is 4.65. The van der Waals surface area contributed by atoms with Crippen LogP contribution in [0.15, 0.2) is 47.0 Å². The van der Waals surface area contributed by atoms with Crippen molar-refractivity contribution >= 4 is 17.5 Å². The molecule has 3 aromatic rings. The summed E-state index contributed by atoms with van der Waals surface area (Å²) in [6.45, 7) is 5.60. The van der Waals surface area contributed by atoms with E-state index in [9.17, 15) is 4.79 Å². The smallest absolute Gasteiger partial charge is 0.261 e. The molecule has 140 valence electrons. The van der Waals surface area contributed by atoms with E-state index in [-0.39, 0.29) is 12.5 Å². The van der Waals surface area contributed by atoms with Gasteiger partial charge in [0.2, 0.25) is 11.7 Å². The molecule has 1 aromatic heterocycles. The molecule has 0 fully saturated rings. The van der Waals surface area contributed by atoms with Gasteiger partial charge in [0.15, 0.2) is 6.10 Å².